The summed E-state index contributed by atoms with van der Waals surface area (Å²) in [6, 6.07) is -1.92. The summed E-state index contributed by atoms with van der Waals surface area (Å²) in [5, 5.41) is 44.8. The average molecular weight is 514 g/mol. The number of amides is 3. The van der Waals surface area contributed by atoms with E-state index >= 15 is 0 Å². The van der Waals surface area contributed by atoms with Crippen molar-refractivity contribution in [1.29, 1.82) is 0 Å². The van der Waals surface area contributed by atoms with Crippen molar-refractivity contribution < 1.29 is 44.3 Å². The molecule has 0 saturated carbocycles. The van der Waals surface area contributed by atoms with Gasteiger partial charge in [-0.1, -0.05) is 13.8 Å². The highest BCUT2D eigenvalue weighted by Gasteiger charge is 2.28. The Morgan fingerprint density at radius 2 is 1.11 bits per heavy atom. The van der Waals surface area contributed by atoms with Gasteiger partial charge in [-0.05, 0) is 44.4 Å². The Morgan fingerprint density at radius 3 is 1.42 bits per heavy atom. The largest absolute Gasteiger partial charge is 0.453 e. The molecule has 0 heterocycles. The molecule has 0 bridgehead atoms. The number of esters is 1. The lowest BCUT2D eigenvalue weighted by molar-refractivity contribution is -0.150. The van der Waals surface area contributed by atoms with Crippen LogP contribution in [-0.4, -0.2) is 88.7 Å². The fourth-order valence-electron chi connectivity index (χ4n) is 3.43. The number of aliphatic hydroxyl groups is 4. The van der Waals surface area contributed by atoms with Crippen molar-refractivity contribution in [2.24, 2.45) is 0 Å². The van der Waals surface area contributed by atoms with Crippen LogP contribution >= 0.6 is 0 Å². The van der Waals surface area contributed by atoms with Crippen molar-refractivity contribution in [1.82, 2.24) is 10.6 Å². The van der Waals surface area contributed by atoms with E-state index in [2.05, 4.69) is 16.0 Å². The summed E-state index contributed by atoms with van der Waals surface area (Å²) >= 11 is 0. The van der Waals surface area contributed by atoms with Crippen molar-refractivity contribution in [3.8, 4) is 0 Å². The maximum absolute atomic E-state index is 13.0. The summed E-state index contributed by atoms with van der Waals surface area (Å²) < 4.78 is 4.89. The minimum absolute atomic E-state index is 0.0163. The number of carbonyl (C=O) groups is 4. The second-order valence-corrected chi connectivity index (χ2v) is 7.81. The van der Waals surface area contributed by atoms with E-state index in [-0.39, 0.29) is 22.4 Å². The molecule has 1 aromatic rings. The Balaban J connectivity index is 0.00000596. The average Bonchev–Trinajstić information content (AvgIpc) is 2.84. The van der Waals surface area contributed by atoms with Crippen LogP contribution in [0.3, 0.4) is 0 Å². The summed E-state index contributed by atoms with van der Waals surface area (Å²) in [4.78, 5) is 49.9. The van der Waals surface area contributed by atoms with Crippen molar-refractivity contribution >= 4 is 29.4 Å². The number of hydrogen-bond acceptors (Lipinski definition) is 9. The minimum atomic E-state index is -1.16. The first-order valence-corrected chi connectivity index (χ1v) is 11.6. The molecule has 0 aliphatic heterocycles. The predicted molar refractivity (Wildman–Crippen MR) is 133 cm³/mol. The van der Waals surface area contributed by atoms with Crippen LogP contribution in [0.2, 0.25) is 0 Å². The second-order valence-electron chi connectivity index (χ2n) is 7.81. The second kappa shape index (κ2) is 15.8. The van der Waals surface area contributed by atoms with Crippen LogP contribution in [0.5, 0.6) is 0 Å². The van der Waals surface area contributed by atoms with E-state index in [9.17, 15) is 39.6 Å². The van der Waals surface area contributed by atoms with Gasteiger partial charge in [-0.2, -0.15) is 0 Å². The van der Waals surface area contributed by atoms with Gasteiger partial charge in [-0.25, -0.2) is 0 Å². The molecule has 0 aliphatic rings. The van der Waals surface area contributed by atoms with Gasteiger partial charge in [0, 0.05) is 23.7 Å². The molecule has 12 nitrogen and oxygen atoms in total. The van der Waals surface area contributed by atoms with Gasteiger partial charge >= 0.3 is 5.97 Å². The van der Waals surface area contributed by atoms with Crippen molar-refractivity contribution in [2.45, 2.75) is 66.7 Å². The third-order valence-corrected chi connectivity index (χ3v) is 5.22. The summed E-state index contributed by atoms with van der Waals surface area (Å²) in [6.45, 7) is 8.98. The zero-order valence-electron chi connectivity index (χ0n) is 21.9. The maximum Gasteiger partial charge on any atom is 0.303 e. The first kappa shape index (κ1) is 32.9. The number of anilines is 1. The molecule has 3 amide bonds. The smallest absolute Gasteiger partial charge is 0.303 e. The van der Waals surface area contributed by atoms with Crippen LogP contribution < -0.4 is 16.0 Å². The molecule has 1 aromatic carbocycles. The van der Waals surface area contributed by atoms with Gasteiger partial charge in [0.05, 0.1) is 38.5 Å². The van der Waals surface area contributed by atoms with Gasteiger partial charge < -0.3 is 41.1 Å². The van der Waals surface area contributed by atoms with Crippen LogP contribution in [-0.2, 0) is 14.3 Å². The molecule has 0 aliphatic carbocycles. The molecular formula is C24H39N3O9. The standard InChI is InChI=1S/C22H33N3O9.C2H6/c1-10-17(21(32)23-15(6-26)7-27)11(2)19(25-20(31)13(4)34-14(5)30)12(3)18(10)22(33)24-16(8-28)9-29;1-2/h13,15-16,26-29H,6-9H2,1-5H3,(H,23,32)(H,24,33)(H,25,31);1-2H3. The number of rotatable bonds is 11. The van der Waals surface area contributed by atoms with E-state index in [4.69, 9.17) is 4.74 Å². The third kappa shape index (κ3) is 8.55. The summed E-state index contributed by atoms with van der Waals surface area (Å²) in [7, 11) is 0. The SMILES string of the molecule is CC.CC(=O)OC(C)C(=O)Nc1c(C)c(C(=O)NC(CO)CO)c(C)c(C(=O)NC(CO)CO)c1C. The molecule has 0 saturated heterocycles. The Hall–Kier alpha value is -3.06. The van der Waals surface area contributed by atoms with Crippen LogP contribution in [0.1, 0.15) is 65.1 Å². The number of aliphatic hydroxyl groups excluding tert-OH is 4. The van der Waals surface area contributed by atoms with Crippen LogP contribution in [0, 0.1) is 20.8 Å². The Kier molecular flexibility index (Phi) is 14.5. The van der Waals surface area contributed by atoms with E-state index in [1.807, 2.05) is 13.8 Å². The van der Waals surface area contributed by atoms with Gasteiger partial charge in [0.1, 0.15) is 0 Å². The Bertz CT molecular complexity index is 873. The van der Waals surface area contributed by atoms with Crippen molar-refractivity contribution in [2.75, 3.05) is 31.7 Å². The van der Waals surface area contributed by atoms with Crippen molar-refractivity contribution in [3.05, 3.63) is 27.8 Å². The molecule has 36 heavy (non-hydrogen) atoms. The van der Waals surface area contributed by atoms with E-state index in [0.717, 1.165) is 6.92 Å². The minimum Gasteiger partial charge on any atom is -0.453 e. The molecule has 0 spiro atoms. The number of carbonyl (C=O) groups excluding carboxylic acids is 4. The molecule has 7 N–H and O–H groups in total. The lowest BCUT2D eigenvalue weighted by atomic mass is 9.89. The number of ether oxygens (including phenoxy) is 1. The van der Waals surface area contributed by atoms with Crippen molar-refractivity contribution in [3.63, 3.8) is 0 Å². The summed E-state index contributed by atoms with van der Waals surface area (Å²) in [6.07, 6.45) is -1.16. The fraction of sp³-hybridized carbons (Fsp3) is 0.583. The zero-order chi connectivity index (χ0) is 28.2. The molecule has 12 heteroatoms. The monoisotopic (exact) mass is 513 g/mol. The maximum atomic E-state index is 13.0. The van der Waals surface area contributed by atoms with E-state index in [1.54, 1.807) is 13.8 Å². The first-order chi connectivity index (χ1) is 16.9. The Labute approximate surface area is 211 Å². The quantitative estimate of drug-likeness (QED) is 0.194. The zero-order valence-corrected chi connectivity index (χ0v) is 21.9. The first-order valence-electron chi connectivity index (χ1n) is 11.6. The Morgan fingerprint density at radius 1 is 0.750 bits per heavy atom. The van der Waals surface area contributed by atoms with Gasteiger partial charge in [-0.3, -0.25) is 19.2 Å². The highest BCUT2D eigenvalue weighted by molar-refractivity contribution is 6.08. The van der Waals surface area contributed by atoms with Crippen LogP contribution in [0.25, 0.3) is 0 Å². The molecule has 1 atom stereocenters. The highest BCUT2D eigenvalue weighted by Crippen LogP contribution is 2.32. The van der Waals surface area contributed by atoms with E-state index < -0.39 is 68.3 Å². The topological polar surface area (TPSA) is 195 Å². The van der Waals surface area contributed by atoms with Gasteiger partial charge in [0.25, 0.3) is 17.7 Å². The normalized spacial score (nSPS) is 11.4. The van der Waals surface area contributed by atoms with Gasteiger partial charge in [0.2, 0.25) is 0 Å². The van der Waals surface area contributed by atoms with Gasteiger partial charge in [0.15, 0.2) is 6.10 Å². The van der Waals surface area contributed by atoms with Crippen LogP contribution in [0.4, 0.5) is 5.69 Å². The summed E-state index contributed by atoms with van der Waals surface area (Å²) in [5.41, 5.74) is 0.982. The molecule has 0 radical (unpaired) electrons. The lowest BCUT2D eigenvalue weighted by Gasteiger charge is -2.24. The molecule has 1 rings (SSSR count). The molecule has 0 aromatic heterocycles. The highest BCUT2D eigenvalue weighted by atomic mass is 16.5. The van der Waals surface area contributed by atoms with E-state index in [1.165, 1.54) is 13.8 Å². The third-order valence-electron chi connectivity index (χ3n) is 5.22. The van der Waals surface area contributed by atoms with Crippen LogP contribution in [0.15, 0.2) is 0 Å². The summed E-state index contributed by atoms with van der Waals surface area (Å²) in [5.74, 6) is -2.78. The number of hydrogen-bond donors (Lipinski definition) is 7. The number of benzene rings is 1. The number of nitrogens with one attached hydrogen (secondary N) is 3. The predicted octanol–water partition coefficient (Wildman–Crippen LogP) is -0.306. The lowest BCUT2D eigenvalue weighted by Crippen LogP contribution is -2.42. The fourth-order valence-corrected chi connectivity index (χ4v) is 3.43. The van der Waals surface area contributed by atoms with E-state index in [0.29, 0.717) is 11.1 Å². The molecular weight excluding hydrogens is 474 g/mol. The molecule has 204 valence electrons. The molecule has 1 unspecified atom stereocenters. The van der Waals surface area contributed by atoms with Gasteiger partial charge in [-0.15, -0.1) is 0 Å². The molecule has 0 fully saturated rings.